The summed E-state index contributed by atoms with van der Waals surface area (Å²) in [7, 11) is 0. The van der Waals surface area contributed by atoms with Crippen molar-refractivity contribution in [3.05, 3.63) is 38.7 Å². The highest BCUT2D eigenvalue weighted by atomic mass is 79.9. The summed E-state index contributed by atoms with van der Waals surface area (Å²) < 4.78 is 7.54. The molecule has 174 valence electrons. The molecule has 1 saturated heterocycles. The molecular formula is C23H31BrN4O4. The number of nitrogens with zero attached hydrogens (tertiary/aromatic N) is 3. The van der Waals surface area contributed by atoms with Crippen LogP contribution in [0, 0.1) is 0 Å². The number of carbonyl (C=O) groups is 2. The molecule has 8 nitrogen and oxygen atoms in total. The number of hydrogen-bond donors (Lipinski definition) is 1. The Balaban J connectivity index is 1.73. The number of carbonyl (C=O) groups excluding carboxylic acids is 2. The van der Waals surface area contributed by atoms with E-state index in [0.29, 0.717) is 18.5 Å². The van der Waals surface area contributed by atoms with Crippen molar-refractivity contribution in [1.82, 2.24) is 20.0 Å². The third-order valence-corrected chi connectivity index (χ3v) is 5.72. The molecule has 2 aromatic rings. The molecule has 0 bridgehead atoms. The summed E-state index contributed by atoms with van der Waals surface area (Å²) in [6.45, 7) is 10.3. The highest BCUT2D eigenvalue weighted by Crippen LogP contribution is 2.24. The molecule has 1 aliphatic heterocycles. The van der Waals surface area contributed by atoms with Crippen molar-refractivity contribution in [3.63, 3.8) is 0 Å². The van der Waals surface area contributed by atoms with Gasteiger partial charge in [0.1, 0.15) is 12.1 Å². The van der Waals surface area contributed by atoms with Crippen LogP contribution in [0.3, 0.4) is 0 Å². The number of benzene rings is 1. The van der Waals surface area contributed by atoms with E-state index >= 15 is 0 Å². The first kappa shape index (κ1) is 24.2. The third kappa shape index (κ3) is 5.88. The lowest BCUT2D eigenvalue weighted by molar-refractivity contribution is -0.123. The maximum absolute atomic E-state index is 13.0. The maximum atomic E-state index is 13.0. The van der Waals surface area contributed by atoms with Gasteiger partial charge in [-0.05, 0) is 57.7 Å². The number of fused-ring (bicyclic) bond motifs is 1. The minimum absolute atomic E-state index is 0.0856. The molecule has 1 N–H and O–H groups in total. The smallest absolute Gasteiger partial charge is 0.410 e. The van der Waals surface area contributed by atoms with Gasteiger partial charge in [0.25, 0.3) is 5.56 Å². The number of likely N-dealkylation sites (tertiary alicyclic amines) is 1. The van der Waals surface area contributed by atoms with Gasteiger partial charge in [-0.1, -0.05) is 29.8 Å². The molecule has 1 fully saturated rings. The Morgan fingerprint density at radius 3 is 2.66 bits per heavy atom. The summed E-state index contributed by atoms with van der Waals surface area (Å²) in [5, 5.41) is 8.77. The predicted molar refractivity (Wildman–Crippen MR) is 127 cm³/mol. The first-order chi connectivity index (χ1) is 14.9. The average molecular weight is 507 g/mol. The summed E-state index contributed by atoms with van der Waals surface area (Å²) in [5.74, 6) is -0.218. The molecule has 0 saturated carbocycles. The van der Waals surface area contributed by atoms with Crippen LogP contribution in [0.15, 0.2) is 27.5 Å². The van der Waals surface area contributed by atoms with E-state index in [2.05, 4.69) is 26.3 Å². The Hall–Kier alpha value is -2.42. The van der Waals surface area contributed by atoms with Crippen LogP contribution in [0.2, 0.25) is 0 Å². The Bertz CT molecular complexity index is 1070. The van der Waals surface area contributed by atoms with Crippen molar-refractivity contribution in [2.24, 2.45) is 0 Å². The number of piperidine rings is 1. The van der Waals surface area contributed by atoms with E-state index in [0.717, 1.165) is 28.4 Å². The highest BCUT2D eigenvalue weighted by Gasteiger charge is 2.28. The standard InChI is InChI=1S/C23H31BrN4O4/c1-14(2)20-18-11-15(24)8-9-17(18)21(30)28(26-20)13-19(29)25-16-7-6-10-27(12-16)22(31)32-23(3,4)5/h8-9,11,14,16H,6-7,10,12-13H2,1-5H3,(H,25,29). The molecule has 2 amide bonds. The Morgan fingerprint density at radius 1 is 1.28 bits per heavy atom. The predicted octanol–water partition coefficient (Wildman–Crippen LogP) is 3.80. The molecule has 1 aliphatic rings. The number of halogens is 1. The summed E-state index contributed by atoms with van der Waals surface area (Å²) in [4.78, 5) is 39.7. The van der Waals surface area contributed by atoms with E-state index in [4.69, 9.17) is 4.74 Å². The van der Waals surface area contributed by atoms with Gasteiger partial charge in [0.2, 0.25) is 5.91 Å². The van der Waals surface area contributed by atoms with Crippen molar-refractivity contribution >= 4 is 38.7 Å². The molecule has 1 atom stereocenters. The summed E-state index contributed by atoms with van der Waals surface area (Å²) in [5.41, 5.74) is -0.103. The zero-order valence-corrected chi connectivity index (χ0v) is 20.9. The van der Waals surface area contributed by atoms with Crippen molar-refractivity contribution in [3.8, 4) is 0 Å². The molecule has 0 aliphatic carbocycles. The van der Waals surface area contributed by atoms with Gasteiger partial charge in [0, 0.05) is 29.0 Å². The van der Waals surface area contributed by atoms with Crippen molar-refractivity contribution in [1.29, 1.82) is 0 Å². The summed E-state index contributed by atoms with van der Waals surface area (Å²) in [6.07, 6.45) is 1.15. The SMILES string of the molecule is CC(C)c1nn(CC(=O)NC2CCCN(C(=O)OC(C)(C)C)C2)c(=O)c2ccc(Br)cc12. The lowest BCUT2D eigenvalue weighted by atomic mass is 10.0. The van der Waals surface area contributed by atoms with Crippen LogP contribution < -0.4 is 10.9 Å². The average Bonchev–Trinajstić information content (AvgIpc) is 2.68. The Morgan fingerprint density at radius 2 is 2.00 bits per heavy atom. The number of ether oxygens (including phenoxy) is 1. The molecule has 2 heterocycles. The van der Waals surface area contributed by atoms with Gasteiger partial charge in [0.05, 0.1) is 11.1 Å². The van der Waals surface area contributed by atoms with E-state index in [9.17, 15) is 14.4 Å². The van der Waals surface area contributed by atoms with Gasteiger partial charge in [-0.25, -0.2) is 9.48 Å². The van der Waals surface area contributed by atoms with Gasteiger partial charge >= 0.3 is 6.09 Å². The van der Waals surface area contributed by atoms with E-state index < -0.39 is 5.60 Å². The molecule has 3 rings (SSSR count). The molecule has 32 heavy (non-hydrogen) atoms. The first-order valence-electron chi connectivity index (χ1n) is 10.9. The first-order valence-corrected chi connectivity index (χ1v) is 11.7. The zero-order chi connectivity index (χ0) is 23.6. The van der Waals surface area contributed by atoms with E-state index in [1.807, 2.05) is 46.8 Å². The van der Waals surface area contributed by atoms with Gasteiger partial charge in [-0.15, -0.1) is 0 Å². The van der Waals surface area contributed by atoms with Crippen molar-refractivity contribution in [2.45, 2.75) is 71.6 Å². The molecule has 1 aromatic carbocycles. The normalized spacial score (nSPS) is 17.0. The lowest BCUT2D eigenvalue weighted by Gasteiger charge is -2.34. The minimum atomic E-state index is -0.570. The van der Waals surface area contributed by atoms with Gasteiger partial charge in [0.15, 0.2) is 0 Å². The number of hydrogen-bond acceptors (Lipinski definition) is 5. The topological polar surface area (TPSA) is 93.5 Å². The second-order valence-electron chi connectivity index (χ2n) is 9.53. The van der Waals surface area contributed by atoms with Crippen LogP contribution in [0.1, 0.15) is 59.1 Å². The number of rotatable bonds is 4. The van der Waals surface area contributed by atoms with Gasteiger partial charge in [-0.2, -0.15) is 5.10 Å². The molecule has 1 aromatic heterocycles. The van der Waals surface area contributed by atoms with E-state index in [-0.39, 0.29) is 36.1 Å². The van der Waals surface area contributed by atoms with Crippen molar-refractivity contribution < 1.29 is 14.3 Å². The van der Waals surface area contributed by atoms with Crippen LogP contribution in [0.4, 0.5) is 4.79 Å². The van der Waals surface area contributed by atoms with E-state index in [1.54, 1.807) is 11.0 Å². The minimum Gasteiger partial charge on any atom is -0.444 e. The van der Waals surface area contributed by atoms with E-state index in [1.165, 1.54) is 4.68 Å². The summed E-state index contributed by atoms with van der Waals surface area (Å²) >= 11 is 3.45. The van der Waals surface area contributed by atoms with Crippen molar-refractivity contribution in [2.75, 3.05) is 13.1 Å². The van der Waals surface area contributed by atoms with Gasteiger partial charge < -0.3 is 15.0 Å². The Kier molecular flexibility index (Phi) is 7.27. The fourth-order valence-corrected chi connectivity index (χ4v) is 4.17. The van der Waals surface area contributed by atoms with Crippen LogP contribution in [-0.4, -0.2) is 51.4 Å². The quantitative estimate of drug-likeness (QED) is 0.680. The monoisotopic (exact) mass is 506 g/mol. The van der Waals surface area contributed by atoms with Gasteiger partial charge in [-0.3, -0.25) is 9.59 Å². The number of amides is 2. The lowest BCUT2D eigenvalue weighted by Crippen LogP contribution is -2.51. The van der Waals surface area contributed by atoms with Crippen LogP contribution in [0.25, 0.3) is 10.8 Å². The maximum Gasteiger partial charge on any atom is 0.410 e. The third-order valence-electron chi connectivity index (χ3n) is 5.23. The molecular weight excluding hydrogens is 476 g/mol. The molecule has 9 heteroatoms. The summed E-state index contributed by atoms with van der Waals surface area (Å²) in [6, 6.07) is 5.26. The second kappa shape index (κ2) is 9.60. The fraction of sp³-hybridized carbons (Fsp3) is 0.565. The fourth-order valence-electron chi connectivity index (χ4n) is 3.81. The second-order valence-corrected chi connectivity index (χ2v) is 10.4. The largest absolute Gasteiger partial charge is 0.444 e. The molecule has 0 radical (unpaired) electrons. The number of nitrogens with one attached hydrogen (secondary N) is 1. The molecule has 0 spiro atoms. The Labute approximate surface area is 196 Å². The van der Waals surface area contributed by atoms with Crippen LogP contribution in [-0.2, 0) is 16.1 Å². The zero-order valence-electron chi connectivity index (χ0n) is 19.3. The highest BCUT2D eigenvalue weighted by molar-refractivity contribution is 9.10. The molecule has 1 unspecified atom stereocenters. The van der Waals surface area contributed by atoms with Crippen LogP contribution in [0.5, 0.6) is 0 Å². The van der Waals surface area contributed by atoms with Crippen LogP contribution >= 0.6 is 15.9 Å². The number of aromatic nitrogens is 2.